The Bertz CT molecular complexity index is 136. The highest BCUT2D eigenvalue weighted by Gasteiger charge is 2.45. The normalized spacial score (nSPS) is 12.9. The van der Waals surface area contributed by atoms with E-state index < -0.39 is 8.24 Å². The Labute approximate surface area is 59.0 Å². The Kier molecular flexibility index (Phi) is 2.08. The van der Waals surface area contributed by atoms with Gasteiger partial charge < -0.3 is 4.51 Å². The highest BCUT2D eigenvalue weighted by atomic mass is 28.3. The molecular weight excluding hydrogens is 126 g/mol. The van der Waals surface area contributed by atoms with Gasteiger partial charge in [0, 0.05) is 18.1 Å². The molecule has 0 aliphatic rings. The first-order valence-electron chi connectivity index (χ1n) is 3.20. The molecule has 0 rings (SSSR count). The summed E-state index contributed by atoms with van der Waals surface area (Å²) < 4.78 is 3.68. The number of hydrogen-bond acceptors (Lipinski definition) is 0. The fourth-order valence-corrected chi connectivity index (χ4v) is 0.503. The van der Waals surface area contributed by atoms with Gasteiger partial charge in [-0.2, -0.15) is 0 Å². The third-order valence-corrected chi connectivity index (χ3v) is 6.34. The van der Waals surface area contributed by atoms with Crippen LogP contribution in [-0.4, -0.2) is 8.24 Å². The minimum absolute atomic E-state index is 0.231. The topological polar surface area (TPSA) is 4.36 Å². The Morgan fingerprint density at radius 2 is 1.56 bits per heavy atom. The van der Waals surface area contributed by atoms with Gasteiger partial charge in [-0.1, -0.05) is 20.8 Å². The summed E-state index contributed by atoms with van der Waals surface area (Å²) in [6.07, 6.45) is 0. The molecule has 0 atom stereocenters. The summed E-state index contributed by atoms with van der Waals surface area (Å²) in [5.41, 5.74) is 0. The van der Waals surface area contributed by atoms with Gasteiger partial charge in [0.25, 0.3) is 0 Å². The van der Waals surface area contributed by atoms with Crippen LogP contribution in [0.2, 0.25) is 18.1 Å². The predicted molar refractivity (Wildman–Crippen MR) is 43.8 cm³/mol. The molecule has 0 amide bonds. The molecule has 0 aliphatic heterocycles. The van der Waals surface area contributed by atoms with E-state index in [1.807, 2.05) is 0 Å². The van der Waals surface area contributed by atoms with Crippen molar-refractivity contribution in [2.45, 2.75) is 38.9 Å². The molecule has 9 heavy (non-hydrogen) atoms. The zero-order valence-corrected chi connectivity index (χ0v) is 7.95. The first-order valence-corrected chi connectivity index (χ1v) is 6.14. The first kappa shape index (κ1) is 8.71. The van der Waals surface area contributed by atoms with Crippen molar-refractivity contribution < 1.29 is 0 Å². The van der Waals surface area contributed by atoms with Crippen LogP contribution in [0.3, 0.4) is 0 Å². The molecule has 52 valence electrons. The molecule has 0 aromatic heterocycles. The summed E-state index contributed by atoms with van der Waals surface area (Å²) in [4.78, 5) is 0. The minimum Gasteiger partial charge on any atom is -0.411 e. The Morgan fingerprint density at radius 1 is 1.22 bits per heavy atom. The van der Waals surface area contributed by atoms with Crippen LogP contribution < -0.4 is 0 Å². The van der Waals surface area contributed by atoms with Gasteiger partial charge in [0.2, 0.25) is 0 Å². The minimum atomic E-state index is -1.59. The molecule has 0 unspecified atom stereocenters. The zero-order chi connectivity index (χ0) is 7.71. The van der Waals surface area contributed by atoms with Crippen LogP contribution in [0.15, 0.2) is 0 Å². The van der Waals surface area contributed by atoms with E-state index in [1.54, 1.807) is 0 Å². The monoisotopic (exact) mass is 141 g/mol. The van der Waals surface area contributed by atoms with Gasteiger partial charge in [0.1, 0.15) is 0 Å². The molecule has 0 spiro atoms. The molecule has 1 nitrogen and oxygen atoms in total. The van der Waals surface area contributed by atoms with Crippen molar-refractivity contribution in [3.05, 3.63) is 11.1 Å². The highest BCUT2D eigenvalue weighted by Crippen LogP contribution is 2.36. The average Bonchev–Trinajstić information content (AvgIpc) is 1.64. The molecule has 0 fully saturated rings. The Hall–Kier alpha value is -0.293. The van der Waals surface area contributed by atoms with Crippen LogP contribution >= 0.6 is 0 Å². The molecule has 2 heteroatoms. The van der Waals surface area contributed by atoms with Crippen molar-refractivity contribution in [3.63, 3.8) is 0 Å². The second-order valence-electron chi connectivity index (χ2n) is 3.92. The summed E-state index contributed by atoms with van der Waals surface area (Å²) in [6, 6.07) is 0. The summed E-state index contributed by atoms with van der Waals surface area (Å²) in [5.74, 6) is 0. The van der Waals surface area contributed by atoms with Crippen molar-refractivity contribution >= 4 is 8.24 Å². The van der Waals surface area contributed by atoms with Crippen molar-refractivity contribution in [2.24, 2.45) is 0 Å². The van der Waals surface area contributed by atoms with E-state index in [4.69, 9.17) is 6.57 Å². The molecule has 0 saturated heterocycles. The van der Waals surface area contributed by atoms with Crippen LogP contribution in [0.25, 0.3) is 4.51 Å². The molecule has 0 aromatic rings. The van der Waals surface area contributed by atoms with Gasteiger partial charge in [-0.05, 0) is 0 Å². The van der Waals surface area contributed by atoms with Crippen LogP contribution in [-0.2, 0) is 0 Å². The third kappa shape index (κ3) is 1.83. The van der Waals surface area contributed by atoms with Gasteiger partial charge in [-0.25, -0.2) is 0 Å². The standard InChI is InChI=1S/C7H15NSi/c1-7(2,3)9(5,6)8-4/h1-3,5-6H3. The van der Waals surface area contributed by atoms with Gasteiger partial charge in [0.05, 0.1) is 0 Å². The predicted octanol–water partition coefficient (Wildman–Crippen LogP) is 2.91. The van der Waals surface area contributed by atoms with Crippen molar-refractivity contribution in [1.29, 1.82) is 0 Å². The molecule has 0 aliphatic carbocycles. The Balaban J connectivity index is 4.39. The lowest BCUT2D eigenvalue weighted by Gasteiger charge is -2.22. The molecule has 0 radical (unpaired) electrons. The summed E-state index contributed by atoms with van der Waals surface area (Å²) in [6.45, 7) is 17.6. The summed E-state index contributed by atoms with van der Waals surface area (Å²) in [7, 11) is -1.59. The molecule has 0 bridgehead atoms. The van der Waals surface area contributed by atoms with Gasteiger partial charge >= 0.3 is 8.24 Å². The summed E-state index contributed by atoms with van der Waals surface area (Å²) in [5, 5.41) is 0.231. The number of hydrogen-bond donors (Lipinski definition) is 0. The highest BCUT2D eigenvalue weighted by molar-refractivity contribution is 6.83. The van der Waals surface area contributed by atoms with E-state index in [2.05, 4.69) is 38.4 Å². The van der Waals surface area contributed by atoms with E-state index in [0.29, 0.717) is 0 Å². The largest absolute Gasteiger partial charge is 0.441 e. The van der Waals surface area contributed by atoms with E-state index >= 15 is 0 Å². The quantitative estimate of drug-likeness (QED) is 0.361. The van der Waals surface area contributed by atoms with E-state index in [0.717, 1.165) is 0 Å². The number of nitrogens with zero attached hydrogens (tertiary/aromatic N) is 1. The van der Waals surface area contributed by atoms with Crippen molar-refractivity contribution in [2.75, 3.05) is 0 Å². The lowest BCUT2D eigenvalue weighted by molar-refractivity contribution is 0.728. The molecule has 0 aromatic carbocycles. The lowest BCUT2D eigenvalue weighted by Crippen LogP contribution is -2.32. The number of rotatable bonds is 0. The summed E-state index contributed by atoms with van der Waals surface area (Å²) >= 11 is 0. The second kappa shape index (κ2) is 2.15. The molecule has 0 saturated carbocycles. The van der Waals surface area contributed by atoms with Crippen LogP contribution in [0.4, 0.5) is 0 Å². The second-order valence-corrected chi connectivity index (χ2v) is 8.76. The molecule has 0 heterocycles. The fraction of sp³-hybridized carbons (Fsp3) is 0.857. The van der Waals surface area contributed by atoms with E-state index in [9.17, 15) is 0 Å². The van der Waals surface area contributed by atoms with Crippen LogP contribution in [0, 0.1) is 6.57 Å². The maximum Gasteiger partial charge on any atom is 0.441 e. The Morgan fingerprint density at radius 3 is 1.56 bits per heavy atom. The van der Waals surface area contributed by atoms with Crippen molar-refractivity contribution in [3.8, 4) is 0 Å². The lowest BCUT2D eigenvalue weighted by atomic mass is 10.2. The third-order valence-electron chi connectivity index (χ3n) is 2.11. The zero-order valence-electron chi connectivity index (χ0n) is 6.95. The molecular formula is C7H15NSi. The smallest absolute Gasteiger partial charge is 0.411 e. The van der Waals surface area contributed by atoms with Crippen molar-refractivity contribution in [1.82, 2.24) is 0 Å². The SMILES string of the molecule is [C-]#[N+][Si](C)(C)C(C)(C)C. The van der Waals surface area contributed by atoms with Crippen LogP contribution in [0.1, 0.15) is 20.8 Å². The van der Waals surface area contributed by atoms with E-state index in [1.165, 1.54) is 0 Å². The maximum atomic E-state index is 6.95. The maximum absolute atomic E-state index is 6.95. The fourth-order valence-electron chi connectivity index (χ4n) is 0.168. The molecule has 0 N–H and O–H groups in total. The first-order chi connectivity index (χ1) is 3.81. The van der Waals surface area contributed by atoms with E-state index in [-0.39, 0.29) is 5.04 Å². The van der Waals surface area contributed by atoms with Gasteiger partial charge in [-0.15, -0.1) is 0 Å². The van der Waals surface area contributed by atoms with Crippen LogP contribution in [0.5, 0.6) is 0 Å². The van der Waals surface area contributed by atoms with Gasteiger partial charge in [-0.3, -0.25) is 6.57 Å². The van der Waals surface area contributed by atoms with Gasteiger partial charge in [0.15, 0.2) is 0 Å². The average molecular weight is 141 g/mol.